The molecule has 0 radical (unpaired) electrons. The van der Waals surface area contributed by atoms with Crippen molar-refractivity contribution < 1.29 is 19.5 Å². The first-order valence-corrected chi connectivity index (χ1v) is 13.3. The van der Waals surface area contributed by atoms with Crippen LogP contribution in [-0.4, -0.2) is 33.1 Å². The van der Waals surface area contributed by atoms with Gasteiger partial charge in [0.1, 0.15) is 0 Å². The molecule has 0 saturated heterocycles. The molecule has 188 valence electrons. The second kappa shape index (κ2) is 11.8. The maximum absolute atomic E-state index is 12.8. The van der Waals surface area contributed by atoms with Crippen molar-refractivity contribution in [2.24, 2.45) is 0 Å². The zero-order chi connectivity index (χ0) is 26.5. The number of nitrogens with zero attached hydrogens (tertiary/aromatic N) is 1. The number of anilines is 2. The molecule has 3 N–H and O–H groups in total. The summed E-state index contributed by atoms with van der Waals surface area (Å²) in [5.41, 5.74) is 1.92. The molecule has 0 aliphatic carbocycles. The van der Waals surface area contributed by atoms with Gasteiger partial charge in [-0.05, 0) is 49.4 Å². The lowest BCUT2D eigenvalue weighted by Crippen LogP contribution is -2.22. The number of carbonyl (C=O) groups excluding carboxylic acids is 2. The Bertz CT molecular complexity index is 1490. The largest absolute Gasteiger partial charge is 0.478 e. The van der Waals surface area contributed by atoms with Crippen molar-refractivity contribution >= 4 is 74.9 Å². The fourth-order valence-corrected chi connectivity index (χ4v) is 5.24. The smallest absolute Gasteiger partial charge is 0.336 e. The summed E-state index contributed by atoms with van der Waals surface area (Å²) in [7, 11) is 0. The molecule has 1 aromatic heterocycles. The molecule has 1 unspecified atom stereocenters. The van der Waals surface area contributed by atoms with Crippen molar-refractivity contribution in [2.45, 2.75) is 17.1 Å². The number of aromatic carboxylic acids is 1. The lowest BCUT2D eigenvalue weighted by atomic mass is 10.1. The van der Waals surface area contributed by atoms with E-state index in [4.69, 9.17) is 23.2 Å². The van der Waals surface area contributed by atoms with E-state index in [1.807, 2.05) is 11.4 Å². The number of halogens is 2. The SMILES string of the molecule is CC(Sc1cccc(NC(=O)c2ccccc2C(=O)O)c1)C(=O)Nc1nc(-c2ccc(Cl)c(Cl)c2)cs1. The monoisotopic (exact) mass is 571 g/mol. The van der Waals surface area contributed by atoms with Crippen LogP contribution in [0.4, 0.5) is 10.8 Å². The number of hydrogen-bond acceptors (Lipinski definition) is 6. The zero-order valence-electron chi connectivity index (χ0n) is 19.2. The molecule has 0 spiro atoms. The second-order valence-corrected chi connectivity index (χ2v) is 10.8. The maximum atomic E-state index is 12.8. The first-order chi connectivity index (χ1) is 17.7. The lowest BCUT2D eigenvalue weighted by Gasteiger charge is -2.12. The second-order valence-electron chi connectivity index (χ2n) is 7.75. The fourth-order valence-electron chi connectivity index (χ4n) is 3.30. The van der Waals surface area contributed by atoms with Crippen LogP contribution in [0, 0.1) is 0 Å². The summed E-state index contributed by atoms with van der Waals surface area (Å²) in [5, 5.41) is 17.6. The van der Waals surface area contributed by atoms with Gasteiger partial charge in [0, 0.05) is 21.5 Å². The Morgan fingerprint density at radius 2 is 1.70 bits per heavy atom. The Morgan fingerprint density at radius 1 is 0.946 bits per heavy atom. The highest BCUT2D eigenvalue weighted by Crippen LogP contribution is 2.31. The number of aromatic nitrogens is 1. The minimum absolute atomic E-state index is 0.0597. The van der Waals surface area contributed by atoms with Crippen molar-refractivity contribution in [2.75, 3.05) is 10.6 Å². The maximum Gasteiger partial charge on any atom is 0.336 e. The van der Waals surface area contributed by atoms with Crippen LogP contribution in [0.2, 0.25) is 10.0 Å². The number of carbonyl (C=O) groups is 3. The first kappa shape index (κ1) is 26.7. The van der Waals surface area contributed by atoms with Gasteiger partial charge in [-0.3, -0.25) is 9.59 Å². The van der Waals surface area contributed by atoms with Crippen LogP contribution in [0.15, 0.2) is 77.0 Å². The number of nitrogens with one attached hydrogen (secondary N) is 2. The summed E-state index contributed by atoms with van der Waals surface area (Å²) in [5.74, 6) is -1.95. The van der Waals surface area contributed by atoms with Crippen LogP contribution >= 0.6 is 46.3 Å². The van der Waals surface area contributed by atoms with Crippen molar-refractivity contribution in [3.8, 4) is 11.3 Å². The molecule has 7 nitrogen and oxygen atoms in total. The van der Waals surface area contributed by atoms with Gasteiger partial charge in [-0.15, -0.1) is 23.1 Å². The van der Waals surface area contributed by atoms with Crippen molar-refractivity contribution in [3.63, 3.8) is 0 Å². The molecule has 0 aliphatic heterocycles. The molecule has 1 heterocycles. The predicted octanol–water partition coefficient (Wildman–Crippen LogP) is 7.19. The third-order valence-electron chi connectivity index (χ3n) is 5.13. The summed E-state index contributed by atoms with van der Waals surface area (Å²) in [6.45, 7) is 1.77. The van der Waals surface area contributed by atoms with E-state index in [9.17, 15) is 19.5 Å². The summed E-state index contributed by atoms with van der Waals surface area (Å²) >= 11 is 14.7. The van der Waals surface area contributed by atoms with E-state index in [0.29, 0.717) is 26.6 Å². The molecule has 37 heavy (non-hydrogen) atoms. The normalized spacial score (nSPS) is 11.5. The number of rotatable bonds is 8. The van der Waals surface area contributed by atoms with Gasteiger partial charge in [-0.2, -0.15) is 0 Å². The standard InChI is InChI=1S/C26H19Cl2N3O4S2/c1-14(23(32)31-26-30-22(13-36-26)15-9-10-20(27)21(28)11-15)37-17-6-4-5-16(12-17)29-24(33)18-7-2-3-8-19(18)25(34)35/h2-14H,1H3,(H,29,33)(H,34,35)(H,30,31,32). The molecular weight excluding hydrogens is 553 g/mol. The summed E-state index contributed by atoms with van der Waals surface area (Å²) in [6.07, 6.45) is 0. The van der Waals surface area contributed by atoms with Gasteiger partial charge in [0.05, 0.1) is 32.1 Å². The van der Waals surface area contributed by atoms with E-state index in [0.717, 1.165) is 10.5 Å². The third kappa shape index (κ3) is 6.69. The molecule has 4 aromatic rings. The van der Waals surface area contributed by atoms with E-state index in [1.165, 1.54) is 35.2 Å². The number of carboxylic acid groups (broad SMARTS) is 1. The molecule has 11 heteroatoms. The average Bonchev–Trinajstić information content (AvgIpc) is 3.34. The van der Waals surface area contributed by atoms with Crippen LogP contribution in [0.25, 0.3) is 11.3 Å². The number of thioether (sulfide) groups is 1. The third-order valence-corrected chi connectivity index (χ3v) is 7.72. The highest BCUT2D eigenvalue weighted by Gasteiger charge is 2.18. The molecule has 0 fully saturated rings. The van der Waals surface area contributed by atoms with Crippen LogP contribution < -0.4 is 10.6 Å². The number of carboxylic acids is 1. The lowest BCUT2D eigenvalue weighted by molar-refractivity contribution is -0.115. The highest BCUT2D eigenvalue weighted by atomic mass is 35.5. The van der Waals surface area contributed by atoms with E-state index in [-0.39, 0.29) is 17.0 Å². The van der Waals surface area contributed by atoms with Gasteiger partial charge in [-0.1, -0.05) is 47.5 Å². The molecule has 2 amide bonds. The summed E-state index contributed by atoms with van der Waals surface area (Å²) < 4.78 is 0. The van der Waals surface area contributed by atoms with Crippen LogP contribution in [0.3, 0.4) is 0 Å². The topological polar surface area (TPSA) is 108 Å². The van der Waals surface area contributed by atoms with E-state index in [2.05, 4.69) is 15.6 Å². The molecule has 0 aliphatic rings. The van der Waals surface area contributed by atoms with Gasteiger partial charge in [0.15, 0.2) is 5.13 Å². The zero-order valence-corrected chi connectivity index (χ0v) is 22.3. The number of hydrogen-bond donors (Lipinski definition) is 3. The quantitative estimate of drug-likeness (QED) is 0.193. The van der Waals surface area contributed by atoms with Crippen LogP contribution in [0.1, 0.15) is 27.6 Å². The summed E-state index contributed by atoms with van der Waals surface area (Å²) in [4.78, 5) is 42.1. The van der Waals surface area contributed by atoms with Crippen molar-refractivity contribution in [1.29, 1.82) is 0 Å². The molecule has 1 atom stereocenters. The van der Waals surface area contributed by atoms with Gasteiger partial charge in [0.2, 0.25) is 5.91 Å². The van der Waals surface area contributed by atoms with E-state index in [1.54, 1.807) is 55.5 Å². The van der Waals surface area contributed by atoms with Crippen molar-refractivity contribution in [3.05, 3.63) is 93.3 Å². The predicted molar refractivity (Wildman–Crippen MR) is 149 cm³/mol. The van der Waals surface area contributed by atoms with Gasteiger partial charge < -0.3 is 15.7 Å². The Labute approximate surface area is 230 Å². The molecular formula is C26H19Cl2N3O4S2. The Morgan fingerprint density at radius 3 is 2.43 bits per heavy atom. The minimum Gasteiger partial charge on any atom is -0.478 e. The molecule has 4 rings (SSSR count). The van der Waals surface area contributed by atoms with Crippen LogP contribution in [-0.2, 0) is 4.79 Å². The first-order valence-electron chi connectivity index (χ1n) is 10.8. The minimum atomic E-state index is -1.18. The highest BCUT2D eigenvalue weighted by molar-refractivity contribution is 8.00. The van der Waals surface area contributed by atoms with Gasteiger partial charge >= 0.3 is 5.97 Å². The molecule has 0 saturated carbocycles. The van der Waals surface area contributed by atoms with Gasteiger partial charge in [0.25, 0.3) is 5.91 Å². The fraction of sp³-hybridized carbons (Fsp3) is 0.0769. The van der Waals surface area contributed by atoms with Crippen molar-refractivity contribution in [1.82, 2.24) is 4.98 Å². The Kier molecular flexibility index (Phi) is 8.50. The van der Waals surface area contributed by atoms with E-state index < -0.39 is 17.1 Å². The number of thiazole rings is 1. The average molecular weight is 572 g/mol. The Hall–Kier alpha value is -3.37. The molecule has 3 aromatic carbocycles. The Balaban J connectivity index is 1.39. The summed E-state index contributed by atoms with van der Waals surface area (Å²) in [6, 6.07) is 18.2. The molecule has 0 bridgehead atoms. The van der Waals surface area contributed by atoms with E-state index >= 15 is 0 Å². The van der Waals surface area contributed by atoms with Gasteiger partial charge in [-0.25, -0.2) is 9.78 Å². The number of benzene rings is 3. The van der Waals surface area contributed by atoms with Crippen LogP contribution in [0.5, 0.6) is 0 Å². The number of amides is 2.